The Labute approximate surface area is 113 Å². The number of hydrogen-bond donors (Lipinski definition) is 2. The van der Waals surface area contributed by atoms with Gasteiger partial charge in [-0.05, 0) is 25.0 Å². The molecule has 4 nitrogen and oxygen atoms in total. The lowest BCUT2D eigenvalue weighted by Crippen LogP contribution is -2.26. The van der Waals surface area contributed by atoms with Crippen LogP contribution in [0.5, 0.6) is 0 Å². The van der Waals surface area contributed by atoms with Crippen LogP contribution in [0.25, 0.3) is 0 Å². The zero-order valence-electron chi connectivity index (χ0n) is 11.2. The first-order valence-electron chi connectivity index (χ1n) is 6.71. The van der Waals surface area contributed by atoms with Crippen molar-refractivity contribution in [2.75, 3.05) is 29.2 Å². The van der Waals surface area contributed by atoms with Gasteiger partial charge in [0.05, 0.1) is 0 Å². The summed E-state index contributed by atoms with van der Waals surface area (Å²) in [4.78, 5) is 9.06. The molecule has 2 heterocycles. The van der Waals surface area contributed by atoms with E-state index < -0.39 is 0 Å². The summed E-state index contributed by atoms with van der Waals surface area (Å²) in [6.45, 7) is 2.15. The summed E-state index contributed by atoms with van der Waals surface area (Å²) in [5, 5.41) is 6.65. The van der Waals surface area contributed by atoms with Crippen molar-refractivity contribution in [1.29, 1.82) is 0 Å². The SMILES string of the molecule is CCCc1nc(NC)cc(NC2CCCSC2)n1. The third-order valence-corrected chi connectivity index (χ3v) is 4.23. The van der Waals surface area contributed by atoms with E-state index in [0.717, 1.165) is 30.3 Å². The van der Waals surface area contributed by atoms with Gasteiger partial charge in [0.15, 0.2) is 0 Å². The van der Waals surface area contributed by atoms with Gasteiger partial charge in [-0.15, -0.1) is 0 Å². The molecule has 5 heteroatoms. The van der Waals surface area contributed by atoms with Crippen LogP contribution in [0.2, 0.25) is 0 Å². The smallest absolute Gasteiger partial charge is 0.133 e. The van der Waals surface area contributed by atoms with Crippen molar-refractivity contribution in [3.63, 3.8) is 0 Å². The highest BCUT2D eigenvalue weighted by atomic mass is 32.2. The molecule has 0 aliphatic carbocycles. The molecule has 1 aromatic heterocycles. The Bertz CT molecular complexity index is 377. The average Bonchev–Trinajstić information content (AvgIpc) is 2.40. The van der Waals surface area contributed by atoms with Crippen LogP contribution in [0, 0.1) is 0 Å². The van der Waals surface area contributed by atoms with Crippen LogP contribution < -0.4 is 10.6 Å². The Morgan fingerprint density at radius 1 is 1.39 bits per heavy atom. The van der Waals surface area contributed by atoms with Crippen molar-refractivity contribution in [1.82, 2.24) is 9.97 Å². The van der Waals surface area contributed by atoms with Gasteiger partial charge in [0.25, 0.3) is 0 Å². The van der Waals surface area contributed by atoms with Crippen molar-refractivity contribution < 1.29 is 0 Å². The predicted molar refractivity (Wildman–Crippen MR) is 79.5 cm³/mol. The Morgan fingerprint density at radius 3 is 2.89 bits per heavy atom. The molecule has 1 atom stereocenters. The maximum absolute atomic E-state index is 4.59. The van der Waals surface area contributed by atoms with Gasteiger partial charge in [0.1, 0.15) is 17.5 Å². The lowest BCUT2D eigenvalue weighted by molar-refractivity contribution is 0.680. The highest BCUT2D eigenvalue weighted by Gasteiger charge is 2.14. The fourth-order valence-corrected chi connectivity index (χ4v) is 3.17. The summed E-state index contributed by atoms with van der Waals surface area (Å²) in [7, 11) is 1.90. The van der Waals surface area contributed by atoms with E-state index in [2.05, 4.69) is 27.5 Å². The van der Waals surface area contributed by atoms with Crippen molar-refractivity contribution >= 4 is 23.4 Å². The number of thioether (sulfide) groups is 1. The van der Waals surface area contributed by atoms with Crippen LogP contribution >= 0.6 is 11.8 Å². The molecule has 18 heavy (non-hydrogen) atoms. The lowest BCUT2D eigenvalue weighted by atomic mass is 10.2. The van der Waals surface area contributed by atoms with Gasteiger partial charge in [-0.25, -0.2) is 9.97 Å². The molecule has 100 valence electrons. The molecule has 1 aliphatic rings. The second-order valence-electron chi connectivity index (χ2n) is 4.61. The van der Waals surface area contributed by atoms with Gasteiger partial charge in [-0.2, -0.15) is 11.8 Å². The largest absolute Gasteiger partial charge is 0.373 e. The maximum Gasteiger partial charge on any atom is 0.133 e. The zero-order chi connectivity index (χ0) is 12.8. The molecule has 0 spiro atoms. The van der Waals surface area contributed by atoms with E-state index in [9.17, 15) is 0 Å². The summed E-state index contributed by atoms with van der Waals surface area (Å²) in [5.41, 5.74) is 0. The minimum Gasteiger partial charge on any atom is -0.373 e. The summed E-state index contributed by atoms with van der Waals surface area (Å²) < 4.78 is 0. The second kappa shape index (κ2) is 6.83. The molecule has 0 radical (unpaired) electrons. The zero-order valence-corrected chi connectivity index (χ0v) is 12.0. The molecule has 1 unspecified atom stereocenters. The molecule has 1 aromatic rings. The maximum atomic E-state index is 4.59. The lowest BCUT2D eigenvalue weighted by Gasteiger charge is -2.23. The first-order valence-corrected chi connectivity index (χ1v) is 7.87. The van der Waals surface area contributed by atoms with Crippen LogP contribution in [0.4, 0.5) is 11.6 Å². The van der Waals surface area contributed by atoms with Gasteiger partial charge < -0.3 is 10.6 Å². The van der Waals surface area contributed by atoms with Crippen LogP contribution in [-0.4, -0.2) is 34.6 Å². The van der Waals surface area contributed by atoms with E-state index >= 15 is 0 Å². The fourth-order valence-electron chi connectivity index (χ4n) is 2.10. The van der Waals surface area contributed by atoms with Gasteiger partial charge >= 0.3 is 0 Å². The van der Waals surface area contributed by atoms with E-state index in [1.807, 2.05) is 24.9 Å². The van der Waals surface area contributed by atoms with Crippen molar-refractivity contribution in [3.05, 3.63) is 11.9 Å². The fraction of sp³-hybridized carbons (Fsp3) is 0.692. The second-order valence-corrected chi connectivity index (χ2v) is 5.76. The van der Waals surface area contributed by atoms with Gasteiger partial charge in [0.2, 0.25) is 0 Å². The third-order valence-electron chi connectivity index (χ3n) is 3.01. The first kappa shape index (κ1) is 13.5. The molecule has 0 bridgehead atoms. The number of nitrogens with one attached hydrogen (secondary N) is 2. The minimum absolute atomic E-state index is 0.554. The number of anilines is 2. The molecule has 2 rings (SSSR count). The highest BCUT2D eigenvalue weighted by Crippen LogP contribution is 2.21. The molecular formula is C13H22N4S. The Balaban J connectivity index is 2.07. The minimum atomic E-state index is 0.554. The van der Waals surface area contributed by atoms with Crippen LogP contribution in [0.15, 0.2) is 6.07 Å². The summed E-state index contributed by atoms with van der Waals surface area (Å²) in [5.74, 6) is 5.27. The molecule has 0 aromatic carbocycles. The normalized spacial score (nSPS) is 19.6. The number of rotatable bonds is 5. The molecule has 0 amide bonds. The summed E-state index contributed by atoms with van der Waals surface area (Å²) in [6.07, 6.45) is 4.55. The number of aromatic nitrogens is 2. The summed E-state index contributed by atoms with van der Waals surface area (Å²) >= 11 is 2.03. The van der Waals surface area contributed by atoms with Gasteiger partial charge in [-0.1, -0.05) is 6.92 Å². The van der Waals surface area contributed by atoms with E-state index in [1.165, 1.54) is 24.3 Å². The van der Waals surface area contributed by atoms with Crippen molar-refractivity contribution in [2.45, 2.75) is 38.6 Å². The first-order chi connectivity index (χ1) is 8.81. The third kappa shape index (κ3) is 3.77. The average molecular weight is 266 g/mol. The van der Waals surface area contributed by atoms with E-state index in [0.29, 0.717) is 6.04 Å². The molecule has 1 fully saturated rings. The number of nitrogens with zero attached hydrogens (tertiary/aromatic N) is 2. The Kier molecular flexibility index (Phi) is 5.11. The van der Waals surface area contributed by atoms with Gasteiger partial charge in [0, 0.05) is 31.3 Å². The van der Waals surface area contributed by atoms with Crippen LogP contribution in [0.3, 0.4) is 0 Å². The van der Waals surface area contributed by atoms with E-state index in [-0.39, 0.29) is 0 Å². The molecule has 1 aliphatic heterocycles. The van der Waals surface area contributed by atoms with Crippen molar-refractivity contribution in [2.24, 2.45) is 0 Å². The standard InChI is InChI=1S/C13H22N4S/c1-3-5-11-16-12(14-2)8-13(17-11)15-10-6-4-7-18-9-10/h8,10H,3-7,9H2,1-2H3,(H2,14,15,16,17). The van der Waals surface area contributed by atoms with Gasteiger partial charge in [-0.3, -0.25) is 0 Å². The monoisotopic (exact) mass is 266 g/mol. The molecule has 1 saturated heterocycles. The predicted octanol–water partition coefficient (Wildman–Crippen LogP) is 2.78. The van der Waals surface area contributed by atoms with Crippen LogP contribution in [0.1, 0.15) is 32.0 Å². The Hall–Kier alpha value is -0.970. The Morgan fingerprint density at radius 2 is 2.22 bits per heavy atom. The summed E-state index contributed by atoms with van der Waals surface area (Å²) in [6, 6.07) is 2.55. The van der Waals surface area contributed by atoms with E-state index in [4.69, 9.17) is 0 Å². The quantitative estimate of drug-likeness (QED) is 0.858. The molecular weight excluding hydrogens is 244 g/mol. The number of aryl methyl sites for hydroxylation is 1. The number of hydrogen-bond acceptors (Lipinski definition) is 5. The molecule has 0 saturated carbocycles. The van der Waals surface area contributed by atoms with E-state index in [1.54, 1.807) is 0 Å². The highest BCUT2D eigenvalue weighted by molar-refractivity contribution is 7.99. The molecule has 2 N–H and O–H groups in total. The topological polar surface area (TPSA) is 49.8 Å². The van der Waals surface area contributed by atoms with Crippen molar-refractivity contribution in [3.8, 4) is 0 Å². The van der Waals surface area contributed by atoms with Crippen LogP contribution in [-0.2, 0) is 6.42 Å².